The van der Waals surface area contributed by atoms with Gasteiger partial charge in [-0.2, -0.15) is 0 Å². The van der Waals surface area contributed by atoms with Gasteiger partial charge in [-0.1, -0.05) is 39.0 Å². The van der Waals surface area contributed by atoms with Gasteiger partial charge in [0.2, 0.25) is 0 Å². The molecular formula is C17H24O2. The molecule has 1 fully saturated rings. The second kappa shape index (κ2) is 4.75. The molecule has 0 amide bonds. The molecule has 1 aliphatic rings. The molecule has 104 valence electrons. The van der Waals surface area contributed by atoms with Gasteiger partial charge in [0.1, 0.15) is 5.78 Å². The van der Waals surface area contributed by atoms with Crippen LogP contribution in [0, 0.1) is 6.92 Å². The van der Waals surface area contributed by atoms with E-state index < -0.39 is 0 Å². The van der Waals surface area contributed by atoms with Crippen LogP contribution in [0.15, 0.2) is 18.2 Å². The number of carbonyl (C=O) groups is 1. The van der Waals surface area contributed by atoms with Crippen LogP contribution in [0.4, 0.5) is 0 Å². The first kappa shape index (κ1) is 14.3. The van der Waals surface area contributed by atoms with Gasteiger partial charge in [-0.15, -0.1) is 0 Å². The quantitative estimate of drug-likeness (QED) is 0.831. The lowest BCUT2D eigenvalue weighted by Crippen LogP contribution is -2.48. The van der Waals surface area contributed by atoms with Crippen LogP contribution < -0.4 is 0 Å². The van der Waals surface area contributed by atoms with E-state index in [0.717, 1.165) is 0 Å². The maximum Gasteiger partial charge on any atom is 0.130 e. The lowest BCUT2D eigenvalue weighted by molar-refractivity contribution is -0.125. The van der Waals surface area contributed by atoms with Gasteiger partial charge in [0, 0.05) is 11.8 Å². The molecule has 0 spiro atoms. The molecule has 2 heteroatoms. The molecular weight excluding hydrogens is 236 g/mol. The van der Waals surface area contributed by atoms with Crippen LogP contribution in [0.1, 0.15) is 50.8 Å². The Morgan fingerprint density at radius 3 is 2.32 bits per heavy atom. The number of Topliss-reactive ketones (excluding diaryl/α,β-unsaturated/α-hetero) is 1. The van der Waals surface area contributed by atoms with E-state index in [-0.39, 0.29) is 16.6 Å². The van der Waals surface area contributed by atoms with Gasteiger partial charge >= 0.3 is 0 Å². The Labute approximate surface area is 116 Å². The fourth-order valence-corrected chi connectivity index (χ4v) is 2.90. The first-order valence-corrected chi connectivity index (χ1v) is 6.93. The summed E-state index contributed by atoms with van der Waals surface area (Å²) >= 11 is 0. The van der Waals surface area contributed by atoms with Crippen molar-refractivity contribution in [2.45, 2.75) is 51.9 Å². The van der Waals surface area contributed by atoms with Gasteiger partial charge in [0.25, 0.3) is 0 Å². The minimum atomic E-state index is -0.0771. The van der Waals surface area contributed by atoms with Crippen LogP contribution in [0.2, 0.25) is 0 Å². The van der Waals surface area contributed by atoms with Crippen molar-refractivity contribution >= 4 is 5.78 Å². The summed E-state index contributed by atoms with van der Waals surface area (Å²) in [6.45, 7) is 11.8. The third-order valence-corrected chi connectivity index (χ3v) is 4.01. The molecule has 1 aliphatic heterocycles. The molecule has 0 aromatic heterocycles. The number of hydrogen-bond acceptors (Lipinski definition) is 2. The second-order valence-corrected chi connectivity index (χ2v) is 6.93. The highest BCUT2D eigenvalue weighted by atomic mass is 16.5. The Bertz CT molecular complexity index is 490. The predicted molar refractivity (Wildman–Crippen MR) is 77.7 cm³/mol. The molecule has 1 aromatic carbocycles. The number of benzene rings is 1. The zero-order chi connectivity index (χ0) is 14.3. The summed E-state index contributed by atoms with van der Waals surface area (Å²) in [5, 5.41) is 0. The summed E-state index contributed by atoms with van der Waals surface area (Å²) in [7, 11) is 0. The number of aryl methyl sites for hydroxylation is 1. The normalized spacial score (nSPS) is 17.9. The summed E-state index contributed by atoms with van der Waals surface area (Å²) in [6, 6.07) is 6.65. The molecule has 1 aromatic rings. The fourth-order valence-electron chi connectivity index (χ4n) is 2.90. The van der Waals surface area contributed by atoms with Crippen molar-refractivity contribution in [3.8, 4) is 0 Å². The number of ether oxygens (including phenoxy) is 1. The van der Waals surface area contributed by atoms with E-state index in [4.69, 9.17) is 4.74 Å². The monoisotopic (exact) mass is 260 g/mol. The topological polar surface area (TPSA) is 26.3 Å². The van der Waals surface area contributed by atoms with Crippen LogP contribution in [0.3, 0.4) is 0 Å². The maximum atomic E-state index is 11.5. The highest BCUT2D eigenvalue weighted by molar-refractivity contribution is 5.77. The van der Waals surface area contributed by atoms with Gasteiger partial charge in [0.05, 0.1) is 13.2 Å². The van der Waals surface area contributed by atoms with Crippen molar-refractivity contribution in [2.24, 2.45) is 0 Å². The largest absolute Gasteiger partial charge is 0.379 e. The first-order chi connectivity index (χ1) is 8.74. The minimum Gasteiger partial charge on any atom is -0.379 e. The van der Waals surface area contributed by atoms with Gasteiger partial charge in [-0.3, -0.25) is 4.79 Å². The molecule has 2 nitrogen and oxygen atoms in total. The van der Waals surface area contributed by atoms with Crippen molar-refractivity contribution in [1.29, 1.82) is 0 Å². The van der Waals surface area contributed by atoms with Crippen molar-refractivity contribution < 1.29 is 9.53 Å². The van der Waals surface area contributed by atoms with Crippen molar-refractivity contribution in [3.05, 3.63) is 34.9 Å². The Kier molecular flexibility index (Phi) is 3.57. The lowest BCUT2D eigenvalue weighted by atomic mass is 9.72. The molecule has 0 unspecified atom stereocenters. The van der Waals surface area contributed by atoms with E-state index in [1.165, 1.54) is 16.7 Å². The van der Waals surface area contributed by atoms with Gasteiger partial charge in [0.15, 0.2) is 0 Å². The molecule has 19 heavy (non-hydrogen) atoms. The zero-order valence-electron chi connectivity index (χ0n) is 12.7. The Balaban J connectivity index is 2.38. The van der Waals surface area contributed by atoms with E-state index in [1.54, 1.807) is 6.92 Å². The molecule has 0 atom stereocenters. The molecule has 1 heterocycles. The van der Waals surface area contributed by atoms with Gasteiger partial charge in [-0.05, 0) is 36.0 Å². The van der Waals surface area contributed by atoms with Crippen molar-refractivity contribution in [1.82, 2.24) is 0 Å². The highest BCUT2D eigenvalue weighted by Gasteiger charge is 2.42. The van der Waals surface area contributed by atoms with Crippen molar-refractivity contribution in [2.75, 3.05) is 13.2 Å². The van der Waals surface area contributed by atoms with Crippen molar-refractivity contribution in [3.63, 3.8) is 0 Å². The average molecular weight is 260 g/mol. The van der Waals surface area contributed by atoms with E-state index in [1.807, 2.05) is 0 Å². The molecule has 0 aliphatic carbocycles. The third-order valence-electron chi connectivity index (χ3n) is 4.01. The Morgan fingerprint density at radius 1 is 1.32 bits per heavy atom. The highest BCUT2D eigenvalue weighted by Crippen LogP contribution is 2.39. The lowest BCUT2D eigenvalue weighted by Gasteiger charge is -2.42. The SMILES string of the molecule is CC(=O)CC1(c2ccc(C(C)(C)C)cc2C)COC1. The average Bonchev–Trinajstić information content (AvgIpc) is 2.22. The number of ketones is 1. The van der Waals surface area contributed by atoms with Crippen LogP contribution in [-0.4, -0.2) is 19.0 Å². The molecule has 0 saturated carbocycles. The number of rotatable bonds is 3. The standard InChI is InChI=1S/C17H24O2/c1-12-8-14(16(3,4)5)6-7-15(12)17(9-13(2)18)10-19-11-17/h6-8H,9-11H2,1-5H3. The maximum absolute atomic E-state index is 11.5. The van der Waals surface area contributed by atoms with E-state index in [9.17, 15) is 4.79 Å². The molecule has 0 bridgehead atoms. The molecule has 2 rings (SSSR count). The van der Waals surface area contributed by atoms with E-state index >= 15 is 0 Å². The summed E-state index contributed by atoms with van der Waals surface area (Å²) < 4.78 is 5.39. The van der Waals surface area contributed by atoms with Gasteiger partial charge in [-0.25, -0.2) is 0 Å². The molecule has 0 N–H and O–H groups in total. The summed E-state index contributed by atoms with van der Waals surface area (Å²) in [5.74, 6) is 0.239. The Hall–Kier alpha value is -1.15. The van der Waals surface area contributed by atoms with Crippen LogP contribution in [-0.2, 0) is 20.4 Å². The summed E-state index contributed by atoms with van der Waals surface area (Å²) in [5.41, 5.74) is 3.98. The third kappa shape index (κ3) is 2.74. The van der Waals surface area contributed by atoms with Crippen LogP contribution >= 0.6 is 0 Å². The fraction of sp³-hybridized carbons (Fsp3) is 0.588. The molecule has 0 radical (unpaired) electrons. The van der Waals surface area contributed by atoms with Crippen LogP contribution in [0.5, 0.6) is 0 Å². The van der Waals surface area contributed by atoms with Gasteiger partial charge < -0.3 is 4.74 Å². The predicted octanol–water partition coefficient (Wildman–Crippen LogP) is 3.54. The smallest absolute Gasteiger partial charge is 0.130 e. The minimum absolute atomic E-state index is 0.0771. The number of carbonyl (C=O) groups excluding carboxylic acids is 1. The first-order valence-electron chi connectivity index (χ1n) is 6.93. The second-order valence-electron chi connectivity index (χ2n) is 6.93. The van der Waals surface area contributed by atoms with E-state index in [0.29, 0.717) is 19.6 Å². The summed E-state index contributed by atoms with van der Waals surface area (Å²) in [4.78, 5) is 11.5. The zero-order valence-corrected chi connectivity index (χ0v) is 12.7. The number of hydrogen-bond donors (Lipinski definition) is 0. The molecule has 1 saturated heterocycles. The van der Waals surface area contributed by atoms with E-state index in [2.05, 4.69) is 45.9 Å². The Morgan fingerprint density at radius 2 is 1.95 bits per heavy atom. The van der Waals surface area contributed by atoms with Crippen LogP contribution in [0.25, 0.3) is 0 Å². The summed E-state index contributed by atoms with van der Waals surface area (Å²) in [6.07, 6.45) is 0.586.